The number of amides is 2. The van der Waals surface area contributed by atoms with Gasteiger partial charge in [0.05, 0.1) is 24.1 Å². The maximum Gasteiger partial charge on any atom is 0.454 e. The molecule has 186 valence electrons. The predicted octanol–water partition coefficient (Wildman–Crippen LogP) is 0.501. The van der Waals surface area contributed by atoms with Crippen LogP contribution in [0, 0.1) is 5.92 Å². The molecule has 2 aliphatic rings. The van der Waals surface area contributed by atoms with Crippen molar-refractivity contribution in [2.75, 3.05) is 18.1 Å². The lowest BCUT2D eigenvalue weighted by Gasteiger charge is -2.27. The summed E-state index contributed by atoms with van der Waals surface area (Å²) in [5.74, 6) is -8.60. The van der Waals surface area contributed by atoms with Gasteiger partial charge in [0.25, 0.3) is 5.91 Å². The van der Waals surface area contributed by atoms with Crippen LogP contribution in [0.4, 0.5) is 22.0 Å². The van der Waals surface area contributed by atoms with E-state index in [-0.39, 0.29) is 24.1 Å². The summed E-state index contributed by atoms with van der Waals surface area (Å²) in [5.41, 5.74) is 0. The van der Waals surface area contributed by atoms with Gasteiger partial charge in [0, 0.05) is 6.04 Å². The Kier molecular flexibility index (Phi) is 8.48. The van der Waals surface area contributed by atoms with Gasteiger partial charge in [-0.05, 0) is 38.0 Å². The molecule has 0 heterocycles. The Hall–Kier alpha value is -1.54. The van der Waals surface area contributed by atoms with Gasteiger partial charge in [-0.2, -0.15) is 22.0 Å². The van der Waals surface area contributed by atoms with E-state index in [0.717, 1.165) is 12.8 Å². The van der Waals surface area contributed by atoms with Crippen LogP contribution >= 0.6 is 0 Å². The van der Waals surface area contributed by atoms with Gasteiger partial charge >= 0.3 is 12.1 Å². The van der Waals surface area contributed by atoms with Crippen LogP contribution in [0.25, 0.3) is 0 Å². The normalized spacial score (nSPS) is 20.3. The van der Waals surface area contributed by atoms with Gasteiger partial charge in [0.1, 0.15) is 6.04 Å². The van der Waals surface area contributed by atoms with Crippen molar-refractivity contribution in [2.45, 2.75) is 75.4 Å². The molecule has 3 atom stereocenters. The second-order valence-electron chi connectivity index (χ2n) is 8.41. The lowest BCUT2D eigenvalue weighted by atomic mass is 10.1. The van der Waals surface area contributed by atoms with Gasteiger partial charge in [-0.15, -0.1) is 0 Å². The molecule has 2 fully saturated rings. The van der Waals surface area contributed by atoms with Gasteiger partial charge in [-0.25, -0.2) is 8.42 Å². The Labute approximate surface area is 182 Å². The number of carbonyl (C=O) groups excluding carboxylic acids is 2. The van der Waals surface area contributed by atoms with Crippen LogP contribution in [0.1, 0.15) is 39.0 Å². The fourth-order valence-corrected chi connectivity index (χ4v) is 4.89. The van der Waals surface area contributed by atoms with Gasteiger partial charge in [-0.1, -0.05) is 6.92 Å². The van der Waals surface area contributed by atoms with Crippen molar-refractivity contribution in [3.63, 3.8) is 0 Å². The molecule has 0 aliphatic heterocycles. The molecular weight excluding hydrogens is 465 g/mol. The predicted molar refractivity (Wildman–Crippen MR) is 104 cm³/mol. The molecule has 0 saturated heterocycles. The highest BCUT2D eigenvalue weighted by Crippen LogP contribution is 2.35. The minimum Gasteiger partial charge on any atom is -0.381 e. The summed E-state index contributed by atoms with van der Waals surface area (Å²) < 4.78 is 88.7. The molecule has 8 nitrogen and oxygen atoms in total. The van der Waals surface area contributed by atoms with Crippen molar-refractivity contribution in [2.24, 2.45) is 5.92 Å². The fourth-order valence-electron chi connectivity index (χ4n) is 2.93. The van der Waals surface area contributed by atoms with Crippen LogP contribution in [-0.4, -0.2) is 79.7 Å². The third-order valence-electron chi connectivity index (χ3n) is 5.25. The van der Waals surface area contributed by atoms with Crippen molar-refractivity contribution in [3.05, 3.63) is 0 Å². The smallest absolute Gasteiger partial charge is 0.381 e. The largest absolute Gasteiger partial charge is 0.454 e. The molecule has 0 spiro atoms. The van der Waals surface area contributed by atoms with Crippen LogP contribution in [0.2, 0.25) is 0 Å². The lowest BCUT2D eigenvalue weighted by molar-refractivity contribution is -0.279. The molecule has 32 heavy (non-hydrogen) atoms. The first-order valence-electron chi connectivity index (χ1n) is 10.3. The summed E-state index contributed by atoms with van der Waals surface area (Å²) >= 11 is 0. The molecule has 0 aromatic carbocycles. The Balaban J connectivity index is 2.08. The molecule has 0 aromatic rings. The maximum atomic E-state index is 13.3. The number of hydrogen-bond donors (Lipinski definition) is 4. The summed E-state index contributed by atoms with van der Waals surface area (Å²) in [5, 5.41) is 16.6. The Morgan fingerprint density at radius 3 is 2.12 bits per heavy atom. The van der Waals surface area contributed by atoms with Crippen LogP contribution < -0.4 is 16.0 Å². The van der Waals surface area contributed by atoms with Gasteiger partial charge in [0.2, 0.25) is 5.91 Å². The highest BCUT2D eigenvalue weighted by atomic mass is 32.2. The van der Waals surface area contributed by atoms with E-state index in [4.69, 9.17) is 0 Å². The molecule has 0 radical (unpaired) electrons. The highest BCUT2D eigenvalue weighted by molar-refractivity contribution is 7.91. The Bertz CT molecular complexity index is 784. The number of aliphatic hydroxyl groups is 1. The topological polar surface area (TPSA) is 125 Å². The van der Waals surface area contributed by atoms with Gasteiger partial charge < -0.3 is 15.7 Å². The van der Waals surface area contributed by atoms with Crippen molar-refractivity contribution in [1.82, 2.24) is 16.0 Å². The maximum absolute atomic E-state index is 13.3. The average molecular weight is 493 g/mol. The fraction of sp³-hybridized carbons (Fsp3) is 0.889. The minimum atomic E-state index is -5.89. The van der Waals surface area contributed by atoms with E-state index < -0.39 is 64.2 Å². The number of alkyl halides is 5. The Morgan fingerprint density at radius 2 is 1.66 bits per heavy atom. The van der Waals surface area contributed by atoms with Crippen LogP contribution in [-0.2, 0) is 19.4 Å². The molecule has 2 saturated carbocycles. The number of hydrogen-bond acceptors (Lipinski definition) is 6. The number of halogens is 5. The van der Waals surface area contributed by atoms with E-state index >= 15 is 0 Å². The van der Waals surface area contributed by atoms with Crippen molar-refractivity contribution < 1.29 is 45.1 Å². The monoisotopic (exact) mass is 493 g/mol. The summed E-state index contributed by atoms with van der Waals surface area (Å²) in [6.45, 7) is -0.502. The molecule has 2 amide bonds. The van der Waals surface area contributed by atoms with E-state index in [1.807, 2.05) is 0 Å². The summed E-state index contributed by atoms with van der Waals surface area (Å²) in [4.78, 5) is 24.6. The molecule has 4 N–H and O–H groups in total. The number of nitrogens with one attached hydrogen (secondary N) is 3. The van der Waals surface area contributed by atoms with Crippen molar-refractivity contribution in [3.8, 4) is 0 Å². The minimum absolute atomic E-state index is 0.0191. The van der Waals surface area contributed by atoms with Gasteiger partial charge in [-0.3, -0.25) is 14.9 Å². The number of carbonyl (C=O) groups is 2. The Morgan fingerprint density at radius 1 is 1.06 bits per heavy atom. The lowest BCUT2D eigenvalue weighted by Crippen LogP contribution is -2.58. The summed E-state index contributed by atoms with van der Waals surface area (Å²) in [6.07, 6.45) is -4.81. The first kappa shape index (κ1) is 26.7. The van der Waals surface area contributed by atoms with E-state index in [2.05, 4.69) is 10.6 Å². The van der Waals surface area contributed by atoms with E-state index in [9.17, 15) is 45.1 Å². The molecule has 0 bridgehead atoms. The van der Waals surface area contributed by atoms with E-state index in [0.29, 0.717) is 12.8 Å². The van der Waals surface area contributed by atoms with Crippen molar-refractivity contribution in [1.29, 1.82) is 0 Å². The van der Waals surface area contributed by atoms with Crippen molar-refractivity contribution >= 4 is 21.7 Å². The molecule has 2 aliphatic carbocycles. The zero-order valence-electron chi connectivity index (χ0n) is 17.4. The van der Waals surface area contributed by atoms with Crippen LogP contribution in [0.15, 0.2) is 0 Å². The standard InChI is InChI=1S/C18H28F5N3O5S/c1-2-12(14(27)16(29)25-11-5-6-11)26-15(28)13(8-32(30,31)7-10-3-4-10)24-9-17(19,20)18(21,22)23/h10-14,24,27H,2-9H2,1H3,(H,25,29)(H,26,28)/t12-,13-,14?/m0/s1. The number of sulfone groups is 1. The average Bonchev–Trinajstić information content (AvgIpc) is 3.58. The van der Waals surface area contributed by atoms with E-state index in [1.54, 1.807) is 5.32 Å². The molecule has 2 rings (SSSR count). The molecular formula is C18H28F5N3O5S. The highest BCUT2D eigenvalue weighted by Gasteiger charge is 2.57. The van der Waals surface area contributed by atoms with Gasteiger partial charge in [0.15, 0.2) is 15.9 Å². The second kappa shape index (κ2) is 10.2. The molecule has 0 aromatic heterocycles. The van der Waals surface area contributed by atoms with E-state index in [1.165, 1.54) is 6.92 Å². The molecule has 14 heteroatoms. The van der Waals surface area contributed by atoms with Crippen LogP contribution in [0.3, 0.4) is 0 Å². The SMILES string of the molecule is CC[C@H](NC(=O)[C@H](CS(=O)(=O)CC1CC1)NCC(F)(F)C(F)(F)F)C(O)C(=O)NC1CC1. The summed E-state index contributed by atoms with van der Waals surface area (Å²) in [6, 6.07) is -3.21. The number of rotatable bonds is 13. The first-order chi connectivity index (χ1) is 14.6. The quantitative estimate of drug-likeness (QED) is 0.277. The number of aliphatic hydroxyl groups excluding tert-OH is 1. The third kappa shape index (κ3) is 8.10. The third-order valence-corrected chi connectivity index (χ3v) is 7.07. The van der Waals surface area contributed by atoms with Crippen LogP contribution in [0.5, 0.6) is 0 Å². The zero-order valence-corrected chi connectivity index (χ0v) is 18.2. The second-order valence-corrected chi connectivity index (χ2v) is 10.6. The zero-order chi connectivity index (χ0) is 24.3. The first-order valence-corrected chi connectivity index (χ1v) is 12.1. The molecule has 1 unspecified atom stereocenters. The summed E-state index contributed by atoms with van der Waals surface area (Å²) in [7, 11) is -3.94.